The second-order valence-corrected chi connectivity index (χ2v) is 8.12. The zero-order valence-electron chi connectivity index (χ0n) is 18.3. The predicted octanol–water partition coefficient (Wildman–Crippen LogP) is 6.44. The molecule has 0 aliphatic carbocycles. The fraction of sp³-hybridized carbons (Fsp3) is 0.346. The minimum absolute atomic E-state index is 0.0529. The van der Waals surface area contributed by atoms with Gasteiger partial charge in [0.2, 0.25) is 5.91 Å². The van der Waals surface area contributed by atoms with Crippen LogP contribution >= 0.6 is 0 Å². The molecule has 0 spiro atoms. The Labute approximate surface area is 182 Å². The van der Waals surface area contributed by atoms with E-state index in [-0.39, 0.29) is 11.7 Å². The summed E-state index contributed by atoms with van der Waals surface area (Å²) in [5.74, 6) is 0.427. The molecule has 5 heteroatoms. The average Bonchev–Trinajstić information content (AvgIpc) is 3.21. The minimum Gasteiger partial charge on any atom is -0.496 e. The molecule has 2 heterocycles. The molecule has 1 fully saturated rings. The van der Waals surface area contributed by atoms with Crippen molar-refractivity contribution < 1.29 is 18.3 Å². The Kier molecular flexibility index (Phi) is 6.12. The van der Waals surface area contributed by atoms with Crippen LogP contribution in [0, 0.1) is 5.82 Å². The van der Waals surface area contributed by atoms with Crippen molar-refractivity contribution in [1.82, 2.24) is 4.90 Å². The van der Waals surface area contributed by atoms with E-state index in [2.05, 4.69) is 6.92 Å². The molecule has 2 aromatic carbocycles. The number of benzene rings is 2. The van der Waals surface area contributed by atoms with Gasteiger partial charge in [-0.05, 0) is 61.9 Å². The second-order valence-electron chi connectivity index (χ2n) is 8.12. The molecule has 0 N–H and O–H groups in total. The minimum atomic E-state index is -0.278. The largest absolute Gasteiger partial charge is 0.496 e. The van der Waals surface area contributed by atoms with E-state index in [0.717, 1.165) is 53.5 Å². The first-order chi connectivity index (χ1) is 15.0. The number of carbonyl (C=O) groups is 1. The number of nitrogens with zero attached hydrogens (tertiary/aromatic N) is 1. The lowest BCUT2D eigenvalue weighted by molar-refractivity contribution is -0.129. The van der Waals surface area contributed by atoms with Gasteiger partial charge in [0.05, 0.1) is 13.4 Å². The van der Waals surface area contributed by atoms with Gasteiger partial charge in [-0.25, -0.2) is 4.39 Å². The molecule has 1 aromatic heterocycles. The Bertz CT molecular complexity index is 1110. The van der Waals surface area contributed by atoms with Crippen LogP contribution in [0.5, 0.6) is 5.75 Å². The van der Waals surface area contributed by atoms with Crippen molar-refractivity contribution in [3.05, 3.63) is 60.1 Å². The van der Waals surface area contributed by atoms with Crippen LogP contribution in [-0.2, 0) is 4.79 Å². The highest BCUT2D eigenvalue weighted by Gasteiger charge is 2.24. The number of hydrogen-bond acceptors (Lipinski definition) is 3. The van der Waals surface area contributed by atoms with Crippen LogP contribution in [0.2, 0.25) is 0 Å². The quantitative estimate of drug-likeness (QED) is 0.445. The summed E-state index contributed by atoms with van der Waals surface area (Å²) in [6, 6.07) is 10.5. The number of furan rings is 1. The molecule has 1 atom stereocenters. The third-order valence-electron chi connectivity index (χ3n) is 6.20. The van der Waals surface area contributed by atoms with Crippen LogP contribution in [0.15, 0.2) is 53.2 Å². The number of piperidine rings is 1. The average molecular weight is 422 g/mol. The third-order valence-corrected chi connectivity index (χ3v) is 6.20. The Morgan fingerprint density at radius 2 is 2.03 bits per heavy atom. The molecule has 0 bridgehead atoms. The maximum Gasteiger partial charge on any atom is 0.247 e. The van der Waals surface area contributed by atoms with Gasteiger partial charge in [0, 0.05) is 41.2 Å². The molecule has 1 aliphatic rings. The van der Waals surface area contributed by atoms with Crippen LogP contribution < -0.4 is 4.74 Å². The van der Waals surface area contributed by atoms with Gasteiger partial charge in [0.1, 0.15) is 17.1 Å². The Hall–Kier alpha value is -3.08. The molecule has 0 saturated carbocycles. The first-order valence-corrected chi connectivity index (χ1v) is 10.9. The van der Waals surface area contributed by atoms with Gasteiger partial charge in [0.25, 0.3) is 0 Å². The molecule has 162 valence electrons. The lowest BCUT2D eigenvalue weighted by Crippen LogP contribution is -2.42. The number of rotatable bonds is 5. The highest BCUT2D eigenvalue weighted by Crippen LogP contribution is 2.37. The van der Waals surface area contributed by atoms with Crippen molar-refractivity contribution in [3.8, 4) is 16.9 Å². The van der Waals surface area contributed by atoms with Crippen molar-refractivity contribution in [1.29, 1.82) is 0 Å². The van der Waals surface area contributed by atoms with E-state index in [4.69, 9.17) is 9.15 Å². The van der Waals surface area contributed by atoms with Gasteiger partial charge < -0.3 is 14.1 Å². The molecular formula is C26H28FNO3. The second kappa shape index (κ2) is 8.96. The normalized spacial score (nSPS) is 17.2. The predicted molar refractivity (Wildman–Crippen MR) is 121 cm³/mol. The van der Waals surface area contributed by atoms with Gasteiger partial charge in [-0.3, -0.25) is 4.79 Å². The summed E-state index contributed by atoms with van der Waals surface area (Å²) in [5.41, 5.74) is 4.11. The van der Waals surface area contributed by atoms with Gasteiger partial charge in [-0.1, -0.05) is 19.1 Å². The summed E-state index contributed by atoms with van der Waals surface area (Å²) < 4.78 is 24.7. The molecule has 31 heavy (non-hydrogen) atoms. The number of hydrogen-bond donors (Lipinski definition) is 0. The summed E-state index contributed by atoms with van der Waals surface area (Å²) in [4.78, 5) is 15.0. The first-order valence-electron chi connectivity index (χ1n) is 10.9. The molecule has 0 radical (unpaired) electrons. The van der Waals surface area contributed by atoms with Crippen molar-refractivity contribution >= 4 is 22.4 Å². The van der Waals surface area contributed by atoms with Crippen molar-refractivity contribution in [2.45, 2.75) is 45.6 Å². The van der Waals surface area contributed by atoms with Crippen LogP contribution in [0.25, 0.3) is 27.7 Å². The summed E-state index contributed by atoms with van der Waals surface area (Å²) in [7, 11) is 1.61. The maximum atomic E-state index is 13.4. The number of methoxy groups -OCH3 is 1. The highest BCUT2D eigenvalue weighted by atomic mass is 19.1. The van der Waals surface area contributed by atoms with E-state index in [1.54, 1.807) is 31.6 Å². The Balaban J connectivity index is 1.73. The first kappa shape index (κ1) is 21.2. The molecule has 3 aromatic rings. The topological polar surface area (TPSA) is 42.7 Å². The Morgan fingerprint density at radius 3 is 2.74 bits per heavy atom. The standard InChI is InChI=1S/C26H28FNO3/c1-4-20-7-5-6-12-28(20)26(29)13-17(2)21-14-22-23(18-8-10-19(27)11-9-18)16-31-25(22)15-24(21)30-3/h8-11,13-16,20H,4-7,12H2,1-3H3/b17-13+. The summed E-state index contributed by atoms with van der Waals surface area (Å²) in [6.45, 7) is 4.89. The van der Waals surface area contributed by atoms with E-state index >= 15 is 0 Å². The monoisotopic (exact) mass is 421 g/mol. The summed E-state index contributed by atoms with van der Waals surface area (Å²) >= 11 is 0. The SMILES string of the molecule is CCC1CCCCN1C(=O)/C=C(\C)c1cc2c(-c3ccc(F)cc3)coc2cc1OC. The van der Waals surface area contributed by atoms with Gasteiger partial charge in [0.15, 0.2) is 0 Å². The van der Waals surface area contributed by atoms with Crippen LogP contribution in [0.4, 0.5) is 4.39 Å². The number of halogens is 1. The summed E-state index contributed by atoms with van der Waals surface area (Å²) in [5, 5.41) is 0.895. The molecule has 1 saturated heterocycles. The zero-order valence-corrected chi connectivity index (χ0v) is 18.3. The number of likely N-dealkylation sites (tertiary alicyclic amines) is 1. The number of amides is 1. The third kappa shape index (κ3) is 4.22. The lowest BCUT2D eigenvalue weighted by atomic mass is 9.98. The summed E-state index contributed by atoms with van der Waals surface area (Å²) in [6.07, 6.45) is 7.67. The smallest absolute Gasteiger partial charge is 0.247 e. The van der Waals surface area contributed by atoms with E-state index in [9.17, 15) is 9.18 Å². The molecule has 4 rings (SSSR count). The molecule has 1 aliphatic heterocycles. The van der Waals surface area contributed by atoms with E-state index in [1.807, 2.05) is 24.0 Å². The van der Waals surface area contributed by atoms with Crippen molar-refractivity contribution in [2.24, 2.45) is 0 Å². The van der Waals surface area contributed by atoms with Gasteiger partial charge >= 0.3 is 0 Å². The molecule has 1 amide bonds. The van der Waals surface area contributed by atoms with Crippen LogP contribution in [0.3, 0.4) is 0 Å². The lowest BCUT2D eigenvalue weighted by Gasteiger charge is -2.34. The number of ether oxygens (including phenoxy) is 1. The van der Waals surface area contributed by atoms with Crippen molar-refractivity contribution in [3.63, 3.8) is 0 Å². The molecular weight excluding hydrogens is 393 g/mol. The van der Waals surface area contributed by atoms with Gasteiger partial charge in [-0.15, -0.1) is 0 Å². The Morgan fingerprint density at radius 1 is 1.26 bits per heavy atom. The molecule has 1 unspecified atom stereocenters. The number of allylic oxidation sites excluding steroid dienone is 1. The fourth-order valence-electron chi connectivity index (χ4n) is 4.45. The van der Waals surface area contributed by atoms with E-state index < -0.39 is 0 Å². The van der Waals surface area contributed by atoms with E-state index in [1.165, 1.54) is 18.6 Å². The number of carbonyl (C=O) groups excluding carboxylic acids is 1. The zero-order chi connectivity index (χ0) is 22.0. The fourth-order valence-corrected chi connectivity index (χ4v) is 4.45. The van der Waals surface area contributed by atoms with Crippen LogP contribution in [-0.4, -0.2) is 30.5 Å². The maximum absolute atomic E-state index is 13.4. The van der Waals surface area contributed by atoms with Gasteiger partial charge in [-0.2, -0.15) is 0 Å². The number of fused-ring (bicyclic) bond motifs is 1. The van der Waals surface area contributed by atoms with Crippen LogP contribution in [0.1, 0.15) is 45.1 Å². The van der Waals surface area contributed by atoms with E-state index in [0.29, 0.717) is 17.4 Å². The highest BCUT2D eigenvalue weighted by molar-refractivity contribution is 6.00. The van der Waals surface area contributed by atoms with Crippen molar-refractivity contribution in [2.75, 3.05) is 13.7 Å². The molecule has 4 nitrogen and oxygen atoms in total.